The van der Waals surface area contributed by atoms with E-state index in [1.807, 2.05) is 11.8 Å². The summed E-state index contributed by atoms with van der Waals surface area (Å²) in [5.74, 6) is 0.301. The number of benzene rings is 1. The number of amides is 2. The van der Waals surface area contributed by atoms with Crippen LogP contribution >= 0.6 is 11.8 Å². The Morgan fingerprint density at radius 3 is 2.90 bits per heavy atom. The van der Waals surface area contributed by atoms with Crippen molar-refractivity contribution < 1.29 is 19.4 Å². The maximum absolute atomic E-state index is 11.8. The predicted molar refractivity (Wildman–Crippen MR) is 82.5 cm³/mol. The first-order chi connectivity index (χ1) is 10.1. The number of anilines is 1. The second-order valence-corrected chi connectivity index (χ2v) is 6.10. The molecular formula is C14H18N2O4S. The van der Waals surface area contributed by atoms with Crippen molar-refractivity contribution in [1.82, 2.24) is 5.32 Å². The van der Waals surface area contributed by atoms with Crippen molar-refractivity contribution in [3.05, 3.63) is 23.8 Å². The molecule has 1 unspecified atom stereocenters. The highest BCUT2D eigenvalue weighted by molar-refractivity contribution is 8.00. The van der Waals surface area contributed by atoms with E-state index < -0.39 is 5.97 Å². The largest absolute Gasteiger partial charge is 0.496 e. The van der Waals surface area contributed by atoms with Crippen molar-refractivity contribution in [2.45, 2.75) is 18.1 Å². The first-order valence-corrected chi connectivity index (χ1v) is 7.73. The molecule has 0 saturated carbocycles. The van der Waals surface area contributed by atoms with Crippen LogP contribution in [0.4, 0.5) is 10.5 Å². The minimum atomic E-state index is -1.07. The Kier molecular flexibility index (Phi) is 5.32. The molecule has 2 rings (SSSR count). The summed E-state index contributed by atoms with van der Waals surface area (Å²) >= 11 is 1.87. The molecule has 21 heavy (non-hydrogen) atoms. The Bertz CT molecular complexity index is 530. The molecule has 1 atom stereocenters. The van der Waals surface area contributed by atoms with Crippen molar-refractivity contribution in [2.24, 2.45) is 0 Å². The number of carboxylic acid groups (broad SMARTS) is 1. The second-order valence-electron chi connectivity index (χ2n) is 4.69. The standard InChI is InChI=1S/C14H18N2O4S/c1-20-12-7-9(4-5-11(12)13(17)18)16-14(19)15-8-10-3-2-6-21-10/h4-5,7,10H,2-3,6,8H2,1H3,(H,17,18)(H2,15,16,19). The normalized spacial score (nSPS) is 17.3. The average Bonchev–Trinajstić information content (AvgIpc) is 2.98. The lowest BCUT2D eigenvalue weighted by Crippen LogP contribution is -2.33. The van der Waals surface area contributed by atoms with E-state index in [1.54, 1.807) is 0 Å². The molecule has 0 radical (unpaired) electrons. The van der Waals surface area contributed by atoms with Crippen molar-refractivity contribution in [2.75, 3.05) is 24.7 Å². The lowest BCUT2D eigenvalue weighted by atomic mass is 10.2. The summed E-state index contributed by atoms with van der Waals surface area (Å²) in [4.78, 5) is 22.8. The Balaban J connectivity index is 1.92. The van der Waals surface area contributed by atoms with Gasteiger partial charge in [-0.05, 0) is 30.7 Å². The van der Waals surface area contributed by atoms with Gasteiger partial charge < -0.3 is 20.5 Å². The van der Waals surface area contributed by atoms with E-state index in [2.05, 4.69) is 10.6 Å². The third-order valence-corrected chi connectivity index (χ3v) is 4.60. The number of rotatable bonds is 5. The van der Waals surface area contributed by atoms with Gasteiger partial charge >= 0.3 is 12.0 Å². The molecule has 0 bridgehead atoms. The number of thioether (sulfide) groups is 1. The Morgan fingerprint density at radius 1 is 1.48 bits per heavy atom. The van der Waals surface area contributed by atoms with Crippen LogP contribution in [-0.2, 0) is 0 Å². The van der Waals surface area contributed by atoms with Crippen LogP contribution in [0.25, 0.3) is 0 Å². The number of methoxy groups -OCH3 is 1. The van der Waals surface area contributed by atoms with Crippen LogP contribution in [0.15, 0.2) is 18.2 Å². The molecule has 1 aromatic rings. The summed E-state index contributed by atoms with van der Waals surface area (Å²) in [7, 11) is 1.39. The van der Waals surface area contributed by atoms with E-state index in [1.165, 1.54) is 31.7 Å². The molecule has 1 heterocycles. The van der Waals surface area contributed by atoms with Crippen LogP contribution in [0, 0.1) is 0 Å². The van der Waals surface area contributed by atoms with E-state index in [4.69, 9.17) is 9.84 Å². The van der Waals surface area contributed by atoms with Crippen LogP contribution in [0.3, 0.4) is 0 Å². The van der Waals surface area contributed by atoms with Crippen molar-refractivity contribution in [3.63, 3.8) is 0 Å². The quantitative estimate of drug-likeness (QED) is 0.777. The van der Waals surface area contributed by atoms with Crippen molar-refractivity contribution in [3.8, 4) is 5.75 Å². The van der Waals surface area contributed by atoms with Gasteiger partial charge in [-0.3, -0.25) is 0 Å². The number of aromatic carboxylic acids is 1. The van der Waals surface area contributed by atoms with Crippen LogP contribution in [0.5, 0.6) is 5.75 Å². The van der Waals surface area contributed by atoms with Gasteiger partial charge in [0.05, 0.1) is 7.11 Å². The first-order valence-electron chi connectivity index (χ1n) is 6.68. The summed E-state index contributed by atoms with van der Waals surface area (Å²) in [6.07, 6.45) is 2.33. The summed E-state index contributed by atoms with van der Waals surface area (Å²) in [5.41, 5.74) is 0.555. The number of hydrogen-bond donors (Lipinski definition) is 3. The van der Waals surface area contributed by atoms with E-state index in [-0.39, 0.29) is 17.3 Å². The van der Waals surface area contributed by atoms with Gasteiger partial charge in [0.15, 0.2) is 0 Å². The number of carboxylic acids is 1. The zero-order valence-corrected chi connectivity index (χ0v) is 12.5. The number of urea groups is 1. The van der Waals surface area contributed by atoms with Gasteiger partial charge in [0, 0.05) is 23.5 Å². The highest BCUT2D eigenvalue weighted by atomic mass is 32.2. The lowest BCUT2D eigenvalue weighted by Gasteiger charge is -2.12. The van der Waals surface area contributed by atoms with Crippen LogP contribution in [0.1, 0.15) is 23.2 Å². The molecule has 7 heteroatoms. The molecule has 6 nitrogen and oxygen atoms in total. The van der Waals surface area contributed by atoms with Gasteiger partial charge in [-0.15, -0.1) is 0 Å². The number of hydrogen-bond acceptors (Lipinski definition) is 4. The summed E-state index contributed by atoms with van der Waals surface area (Å²) < 4.78 is 5.01. The maximum Gasteiger partial charge on any atom is 0.339 e. The Morgan fingerprint density at radius 2 is 2.29 bits per heavy atom. The molecule has 1 fully saturated rings. The predicted octanol–water partition coefficient (Wildman–Crippen LogP) is 2.41. The van der Waals surface area contributed by atoms with Crippen LogP contribution in [-0.4, -0.2) is 41.8 Å². The molecule has 1 aliphatic rings. The Hall–Kier alpha value is -1.89. The number of ether oxygens (including phenoxy) is 1. The minimum Gasteiger partial charge on any atom is -0.496 e. The van der Waals surface area contributed by atoms with Crippen molar-refractivity contribution in [1.29, 1.82) is 0 Å². The molecule has 114 valence electrons. The van der Waals surface area contributed by atoms with Gasteiger partial charge in [0.2, 0.25) is 0 Å². The fraction of sp³-hybridized carbons (Fsp3) is 0.429. The number of carbonyl (C=O) groups excluding carboxylic acids is 1. The highest BCUT2D eigenvalue weighted by Gasteiger charge is 2.16. The highest BCUT2D eigenvalue weighted by Crippen LogP contribution is 2.25. The van der Waals surface area contributed by atoms with E-state index in [0.29, 0.717) is 17.5 Å². The average molecular weight is 310 g/mol. The summed E-state index contributed by atoms with van der Waals surface area (Å²) in [5, 5.41) is 15.0. The molecule has 2 amide bonds. The van der Waals surface area contributed by atoms with Gasteiger partial charge in [0.25, 0.3) is 0 Å². The van der Waals surface area contributed by atoms with E-state index in [9.17, 15) is 9.59 Å². The van der Waals surface area contributed by atoms with Crippen LogP contribution < -0.4 is 15.4 Å². The molecular weight excluding hydrogens is 292 g/mol. The van der Waals surface area contributed by atoms with Gasteiger partial charge in [-0.1, -0.05) is 0 Å². The second kappa shape index (κ2) is 7.21. The molecule has 1 aromatic carbocycles. The van der Waals surface area contributed by atoms with Gasteiger partial charge in [-0.25, -0.2) is 9.59 Å². The zero-order chi connectivity index (χ0) is 15.2. The van der Waals surface area contributed by atoms with E-state index >= 15 is 0 Å². The van der Waals surface area contributed by atoms with E-state index in [0.717, 1.165) is 12.2 Å². The number of carbonyl (C=O) groups is 2. The molecule has 1 aliphatic heterocycles. The first kappa shape index (κ1) is 15.5. The summed E-state index contributed by atoms with van der Waals surface area (Å²) in [6.45, 7) is 0.640. The molecule has 0 aliphatic carbocycles. The SMILES string of the molecule is COc1cc(NC(=O)NCC2CCCS2)ccc1C(=O)O. The fourth-order valence-corrected chi connectivity index (χ4v) is 3.33. The molecule has 0 spiro atoms. The molecule has 1 saturated heterocycles. The molecule has 0 aromatic heterocycles. The third-order valence-electron chi connectivity index (χ3n) is 3.20. The van der Waals surface area contributed by atoms with Crippen molar-refractivity contribution >= 4 is 29.4 Å². The van der Waals surface area contributed by atoms with Crippen LogP contribution in [0.2, 0.25) is 0 Å². The topological polar surface area (TPSA) is 87.7 Å². The molecule has 3 N–H and O–H groups in total. The van der Waals surface area contributed by atoms with Gasteiger partial charge in [-0.2, -0.15) is 11.8 Å². The smallest absolute Gasteiger partial charge is 0.339 e. The monoisotopic (exact) mass is 310 g/mol. The fourth-order valence-electron chi connectivity index (χ4n) is 2.13. The lowest BCUT2D eigenvalue weighted by molar-refractivity contribution is 0.0693. The Labute approximate surface area is 127 Å². The maximum atomic E-state index is 11.8. The van der Waals surface area contributed by atoms with Gasteiger partial charge in [0.1, 0.15) is 11.3 Å². The summed E-state index contributed by atoms with van der Waals surface area (Å²) in [6, 6.07) is 4.14. The minimum absolute atomic E-state index is 0.0609. The zero-order valence-electron chi connectivity index (χ0n) is 11.7. The number of nitrogens with one attached hydrogen (secondary N) is 2. The third kappa shape index (κ3) is 4.29.